The van der Waals surface area contributed by atoms with Crippen molar-refractivity contribution in [2.75, 3.05) is 6.54 Å². The summed E-state index contributed by atoms with van der Waals surface area (Å²) in [5.74, 6) is -0.949. The summed E-state index contributed by atoms with van der Waals surface area (Å²) in [5.41, 5.74) is 1.44. The third-order valence-corrected chi connectivity index (χ3v) is 4.40. The van der Waals surface area contributed by atoms with Gasteiger partial charge in [0.05, 0.1) is 5.02 Å². The van der Waals surface area contributed by atoms with E-state index in [2.05, 4.69) is 21.2 Å². The fraction of sp³-hybridized carbons (Fsp3) is 0.429. The van der Waals surface area contributed by atoms with Crippen molar-refractivity contribution in [1.82, 2.24) is 5.32 Å². The number of amides is 1. The highest BCUT2D eigenvalue weighted by Gasteiger charge is 2.10. The highest BCUT2D eigenvalue weighted by atomic mass is 79.9. The molecule has 0 saturated carbocycles. The number of carbonyl (C=O) groups excluding carboxylic acids is 1. The van der Waals surface area contributed by atoms with Gasteiger partial charge >= 0.3 is 5.97 Å². The predicted octanol–water partition coefficient (Wildman–Crippen LogP) is 3.79. The molecule has 110 valence electrons. The summed E-state index contributed by atoms with van der Waals surface area (Å²) in [6, 6.07) is 3.40. The predicted molar refractivity (Wildman–Crippen MR) is 82.3 cm³/mol. The molecule has 1 amide bonds. The zero-order valence-corrected chi connectivity index (χ0v) is 13.6. The van der Waals surface area contributed by atoms with Crippen LogP contribution in [-0.2, 0) is 4.79 Å². The molecular weight excluding hydrogens is 346 g/mol. The van der Waals surface area contributed by atoms with Crippen LogP contribution < -0.4 is 5.32 Å². The molecule has 0 atom stereocenters. The number of carboxylic acid groups (broad SMARTS) is 1. The lowest BCUT2D eigenvalue weighted by molar-refractivity contribution is -0.137. The number of unbranched alkanes of at least 4 members (excludes halogenated alkanes) is 2. The number of aryl methyl sites for hydroxylation is 1. The average Bonchev–Trinajstić information content (AvgIpc) is 2.38. The van der Waals surface area contributed by atoms with Gasteiger partial charge in [-0.15, -0.1) is 0 Å². The zero-order chi connectivity index (χ0) is 15.1. The molecule has 0 unspecified atom stereocenters. The maximum absolute atomic E-state index is 11.9. The number of hydrogen-bond donors (Lipinski definition) is 2. The topological polar surface area (TPSA) is 66.4 Å². The van der Waals surface area contributed by atoms with E-state index in [1.165, 1.54) is 0 Å². The minimum atomic E-state index is -0.783. The quantitative estimate of drug-likeness (QED) is 0.725. The van der Waals surface area contributed by atoms with E-state index in [1.807, 2.05) is 6.92 Å². The smallest absolute Gasteiger partial charge is 0.303 e. The third kappa shape index (κ3) is 5.51. The largest absolute Gasteiger partial charge is 0.481 e. The van der Waals surface area contributed by atoms with E-state index >= 15 is 0 Å². The highest BCUT2D eigenvalue weighted by molar-refractivity contribution is 9.10. The van der Waals surface area contributed by atoms with Crippen LogP contribution in [0.25, 0.3) is 0 Å². The Hall–Kier alpha value is -1.07. The van der Waals surface area contributed by atoms with Gasteiger partial charge in [-0.05, 0) is 53.4 Å². The Labute approximate surface area is 131 Å². The molecule has 0 radical (unpaired) electrons. The summed E-state index contributed by atoms with van der Waals surface area (Å²) < 4.78 is 0.796. The fourth-order valence-electron chi connectivity index (χ4n) is 1.74. The van der Waals surface area contributed by atoms with E-state index < -0.39 is 5.97 Å². The second-order valence-electron chi connectivity index (χ2n) is 4.55. The normalized spacial score (nSPS) is 10.3. The second kappa shape index (κ2) is 8.27. The highest BCUT2D eigenvalue weighted by Crippen LogP contribution is 2.27. The molecular formula is C14H17BrClNO3. The Bertz CT molecular complexity index is 482. The number of carbonyl (C=O) groups is 2. The molecule has 0 spiro atoms. The minimum Gasteiger partial charge on any atom is -0.481 e. The molecule has 0 aliphatic heterocycles. The maximum Gasteiger partial charge on any atom is 0.303 e. The number of aliphatic carboxylic acids is 1. The van der Waals surface area contributed by atoms with Gasteiger partial charge in [0, 0.05) is 23.0 Å². The number of hydrogen-bond acceptors (Lipinski definition) is 2. The summed E-state index contributed by atoms with van der Waals surface area (Å²) >= 11 is 9.36. The second-order valence-corrected chi connectivity index (χ2v) is 5.75. The van der Waals surface area contributed by atoms with Gasteiger partial charge in [0.2, 0.25) is 0 Å². The SMILES string of the molecule is Cc1cc(C(=O)NCCCCCC(=O)O)cc(Cl)c1Br. The van der Waals surface area contributed by atoms with Gasteiger partial charge in [0.25, 0.3) is 5.91 Å². The first-order valence-corrected chi connectivity index (χ1v) is 7.54. The summed E-state index contributed by atoms with van der Waals surface area (Å²) in [7, 11) is 0. The molecule has 1 aromatic rings. The summed E-state index contributed by atoms with van der Waals surface area (Å²) in [5, 5.41) is 11.8. The number of rotatable bonds is 7. The van der Waals surface area contributed by atoms with E-state index in [0.717, 1.165) is 22.9 Å². The molecule has 20 heavy (non-hydrogen) atoms. The van der Waals surface area contributed by atoms with Crippen molar-refractivity contribution in [3.8, 4) is 0 Å². The third-order valence-electron chi connectivity index (χ3n) is 2.83. The van der Waals surface area contributed by atoms with Crippen LogP contribution in [0.15, 0.2) is 16.6 Å². The van der Waals surface area contributed by atoms with Crippen molar-refractivity contribution in [2.24, 2.45) is 0 Å². The molecule has 1 aromatic carbocycles. The first-order chi connectivity index (χ1) is 9.41. The van der Waals surface area contributed by atoms with Crippen LogP contribution in [0.1, 0.15) is 41.6 Å². The lowest BCUT2D eigenvalue weighted by Gasteiger charge is -2.08. The van der Waals surface area contributed by atoms with Gasteiger partial charge in [-0.2, -0.15) is 0 Å². The van der Waals surface area contributed by atoms with Crippen LogP contribution in [0.5, 0.6) is 0 Å². The van der Waals surface area contributed by atoms with E-state index in [4.69, 9.17) is 16.7 Å². The molecule has 0 aromatic heterocycles. The van der Waals surface area contributed by atoms with Gasteiger partial charge in [-0.25, -0.2) is 0 Å². The van der Waals surface area contributed by atoms with E-state index in [0.29, 0.717) is 23.6 Å². The van der Waals surface area contributed by atoms with Crippen molar-refractivity contribution < 1.29 is 14.7 Å². The van der Waals surface area contributed by atoms with Crippen LogP contribution in [0, 0.1) is 6.92 Å². The van der Waals surface area contributed by atoms with Gasteiger partial charge in [0.1, 0.15) is 0 Å². The van der Waals surface area contributed by atoms with Gasteiger partial charge in [-0.1, -0.05) is 18.0 Å². The summed E-state index contributed by atoms with van der Waals surface area (Å²) in [4.78, 5) is 22.3. The fourth-order valence-corrected chi connectivity index (χ4v) is 2.24. The number of benzene rings is 1. The Morgan fingerprint density at radius 1 is 1.30 bits per heavy atom. The molecule has 1 rings (SSSR count). The van der Waals surface area contributed by atoms with Crippen molar-refractivity contribution in [3.63, 3.8) is 0 Å². The van der Waals surface area contributed by atoms with E-state index in [9.17, 15) is 9.59 Å². The van der Waals surface area contributed by atoms with Gasteiger partial charge < -0.3 is 10.4 Å². The molecule has 4 nitrogen and oxygen atoms in total. The standard InChI is InChI=1S/C14H17BrClNO3/c1-9-7-10(8-11(16)13(9)15)14(20)17-6-4-2-3-5-12(18)19/h7-8H,2-6H2,1H3,(H,17,20)(H,18,19). The Morgan fingerprint density at radius 2 is 2.00 bits per heavy atom. The summed E-state index contributed by atoms with van der Waals surface area (Å²) in [6.45, 7) is 2.41. The van der Waals surface area contributed by atoms with Crippen LogP contribution >= 0.6 is 27.5 Å². The Morgan fingerprint density at radius 3 is 2.60 bits per heavy atom. The van der Waals surface area contributed by atoms with Crippen LogP contribution in [0.3, 0.4) is 0 Å². The van der Waals surface area contributed by atoms with E-state index in [-0.39, 0.29) is 12.3 Å². The first kappa shape index (κ1) is 17.0. The minimum absolute atomic E-state index is 0.166. The van der Waals surface area contributed by atoms with Gasteiger partial charge in [-0.3, -0.25) is 9.59 Å². The van der Waals surface area contributed by atoms with E-state index in [1.54, 1.807) is 12.1 Å². The van der Waals surface area contributed by atoms with Crippen LogP contribution in [0.2, 0.25) is 5.02 Å². The van der Waals surface area contributed by atoms with Crippen LogP contribution in [-0.4, -0.2) is 23.5 Å². The molecule has 0 saturated heterocycles. The number of halogens is 2. The molecule has 0 heterocycles. The number of carboxylic acids is 1. The summed E-state index contributed by atoms with van der Waals surface area (Å²) in [6.07, 6.45) is 2.36. The molecule has 6 heteroatoms. The number of nitrogens with one attached hydrogen (secondary N) is 1. The van der Waals surface area contributed by atoms with Crippen molar-refractivity contribution in [3.05, 3.63) is 32.8 Å². The molecule has 0 aliphatic rings. The monoisotopic (exact) mass is 361 g/mol. The zero-order valence-electron chi connectivity index (χ0n) is 11.2. The molecule has 0 aliphatic carbocycles. The van der Waals surface area contributed by atoms with Crippen molar-refractivity contribution in [2.45, 2.75) is 32.6 Å². The van der Waals surface area contributed by atoms with Crippen molar-refractivity contribution >= 4 is 39.4 Å². The van der Waals surface area contributed by atoms with Crippen LogP contribution in [0.4, 0.5) is 0 Å². The maximum atomic E-state index is 11.9. The molecule has 0 bridgehead atoms. The van der Waals surface area contributed by atoms with Crippen molar-refractivity contribution in [1.29, 1.82) is 0 Å². The first-order valence-electron chi connectivity index (χ1n) is 6.37. The van der Waals surface area contributed by atoms with Gasteiger partial charge in [0.15, 0.2) is 0 Å². The molecule has 2 N–H and O–H groups in total. The lowest BCUT2D eigenvalue weighted by Crippen LogP contribution is -2.24. The lowest BCUT2D eigenvalue weighted by atomic mass is 10.1. The Kier molecular flexibility index (Phi) is 7.02. The Balaban J connectivity index is 2.38. The average molecular weight is 363 g/mol. The molecule has 0 fully saturated rings.